The van der Waals surface area contributed by atoms with Gasteiger partial charge in [-0.15, -0.1) is 0 Å². The Labute approximate surface area is 158 Å². The summed E-state index contributed by atoms with van der Waals surface area (Å²) in [6, 6.07) is 11.8. The Kier molecular flexibility index (Phi) is 3.85. The Morgan fingerprint density at radius 2 is 2.11 bits per heavy atom. The van der Waals surface area contributed by atoms with Gasteiger partial charge in [-0.2, -0.15) is 0 Å². The maximum absolute atomic E-state index is 13.3. The molecule has 5 nitrogen and oxygen atoms in total. The molecule has 1 aromatic carbocycles. The lowest BCUT2D eigenvalue weighted by Crippen LogP contribution is -2.46. The van der Waals surface area contributed by atoms with Crippen molar-refractivity contribution < 1.29 is 14.0 Å². The van der Waals surface area contributed by atoms with E-state index < -0.39 is 0 Å². The number of amides is 2. The molecule has 27 heavy (non-hydrogen) atoms. The van der Waals surface area contributed by atoms with E-state index in [9.17, 15) is 9.59 Å². The lowest BCUT2D eigenvalue weighted by atomic mass is 9.95. The highest BCUT2D eigenvalue weighted by atomic mass is 16.3. The van der Waals surface area contributed by atoms with Gasteiger partial charge in [-0.25, -0.2) is 0 Å². The quantitative estimate of drug-likeness (QED) is 0.907. The molecule has 1 aliphatic heterocycles. The summed E-state index contributed by atoms with van der Waals surface area (Å²) in [6.45, 7) is 1.05. The standard InChI is InChI=1S/C22H24N2O3/c25-20(23-14-16-6-4-12-27-16)19-8-3-11-24(19)21(26)18-13-22(18)10-9-15-5-1-2-7-17(15)22/h1-2,4-7,12,18-19H,3,8-11,13-14H2,(H,23,25). The van der Waals surface area contributed by atoms with Gasteiger partial charge in [0.2, 0.25) is 11.8 Å². The highest BCUT2D eigenvalue weighted by Gasteiger charge is 2.62. The summed E-state index contributed by atoms with van der Waals surface area (Å²) in [5, 5.41) is 2.92. The molecular formula is C22H24N2O3. The molecule has 2 aliphatic carbocycles. The maximum Gasteiger partial charge on any atom is 0.243 e. The van der Waals surface area contributed by atoms with Crippen LogP contribution in [0.3, 0.4) is 0 Å². The Hall–Kier alpha value is -2.56. The van der Waals surface area contributed by atoms with E-state index in [1.54, 1.807) is 12.3 Å². The van der Waals surface area contributed by atoms with Crippen molar-refractivity contribution in [3.05, 3.63) is 59.5 Å². The summed E-state index contributed by atoms with van der Waals surface area (Å²) < 4.78 is 5.27. The number of nitrogens with zero attached hydrogens (tertiary/aromatic N) is 1. The van der Waals surface area contributed by atoms with Crippen molar-refractivity contribution in [2.24, 2.45) is 5.92 Å². The smallest absolute Gasteiger partial charge is 0.243 e. The number of aryl methyl sites for hydroxylation is 1. The molecule has 2 amide bonds. The van der Waals surface area contributed by atoms with Crippen LogP contribution in [0.25, 0.3) is 0 Å². The molecule has 2 fully saturated rings. The molecule has 2 heterocycles. The van der Waals surface area contributed by atoms with Crippen LogP contribution in [0.5, 0.6) is 0 Å². The van der Waals surface area contributed by atoms with Crippen LogP contribution < -0.4 is 5.32 Å². The van der Waals surface area contributed by atoms with Crippen LogP contribution in [0.1, 0.15) is 42.6 Å². The van der Waals surface area contributed by atoms with Crippen LogP contribution in [0.15, 0.2) is 47.1 Å². The van der Waals surface area contributed by atoms with Gasteiger partial charge in [0.15, 0.2) is 0 Å². The zero-order chi connectivity index (χ0) is 18.4. The summed E-state index contributed by atoms with van der Waals surface area (Å²) in [5.41, 5.74) is 2.79. The van der Waals surface area contributed by atoms with Gasteiger partial charge >= 0.3 is 0 Å². The van der Waals surface area contributed by atoms with Gasteiger partial charge < -0.3 is 14.6 Å². The summed E-state index contributed by atoms with van der Waals surface area (Å²) in [6.07, 6.45) is 6.28. The third-order valence-corrected chi connectivity index (χ3v) is 6.62. The molecule has 5 heteroatoms. The lowest BCUT2D eigenvalue weighted by Gasteiger charge is -2.25. The van der Waals surface area contributed by atoms with E-state index in [0.717, 1.165) is 37.9 Å². The monoisotopic (exact) mass is 364 g/mol. The van der Waals surface area contributed by atoms with Gasteiger partial charge in [0, 0.05) is 17.9 Å². The van der Waals surface area contributed by atoms with Crippen molar-refractivity contribution >= 4 is 11.8 Å². The first kappa shape index (κ1) is 16.6. The summed E-state index contributed by atoms with van der Waals surface area (Å²) >= 11 is 0. The Morgan fingerprint density at radius 3 is 2.96 bits per heavy atom. The fraction of sp³-hybridized carbons (Fsp3) is 0.455. The van der Waals surface area contributed by atoms with Crippen LogP contribution >= 0.6 is 0 Å². The highest BCUT2D eigenvalue weighted by Crippen LogP contribution is 2.62. The molecule has 0 radical (unpaired) electrons. The Balaban J connectivity index is 1.27. The van der Waals surface area contributed by atoms with E-state index in [0.29, 0.717) is 13.1 Å². The maximum atomic E-state index is 13.3. The first-order valence-electron chi connectivity index (χ1n) is 9.88. The number of carbonyl (C=O) groups excluding carboxylic acids is 2. The van der Waals surface area contributed by atoms with Crippen molar-refractivity contribution in [1.29, 1.82) is 0 Å². The van der Waals surface area contributed by atoms with E-state index in [1.807, 2.05) is 11.0 Å². The molecule has 2 aromatic rings. The minimum Gasteiger partial charge on any atom is -0.467 e. The predicted octanol–water partition coefficient (Wildman–Crippen LogP) is 2.79. The number of likely N-dealkylation sites (tertiary alicyclic amines) is 1. The van der Waals surface area contributed by atoms with Crippen molar-refractivity contribution in [2.75, 3.05) is 6.54 Å². The fourth-order valence-electron chi connectivity index (χ4n) is 5.13. The van der Waals surface area contributed by atoms with Crippen molar-refractivity contribution in [1.82, 2.24) is 10.2 Å². The molecule has 3 aliphatic rings. The number of furan rings is 1. The van der Waals surface area contributed by atoms with Crippen molar-refractivity contribution in [3.8, 4) is 0 Å². The average Bonchev–Trinajstić information content (AvgIpc) is 3.12. The normalized spacial score (nSPS) is 28.4. The fourth-order valence-corrected chi connectivity index (χ4v) is 5.13. The van der Waals surface area contributed by atoms with E-state index in [2.05, 4.69) is 29.6 Å². The molecule has 3 unspecified atom stereocenters. The molecule has 1 aromatic heterocycles. The van der Waals surface area contributed by atoms with E-state index >= 15 is 0 Å². The Bertz CT molecular complexity index is 875. The largest absolute Gasteiger partial charge is 0.467 e. The van der Waals surface area contributed by atoms with E-state index in [-0.39, 0.29) is 29.2 Å². The first-order valence-corrected chi connectivity index (χ1v) is 9.88. The number of benzene rings is 1. The van der Waals surface area contributed by atoms with Gasteiger partial charge in [0.1, 0.15) is 11.8 Å². The van der Waals surface area contributed by atoms with Crippen LogP contribution in [0.2, 0.25) is 0 Å². The van der Waals surface area contributed by atoms with Crippen LogP contribution in [0.4, 0.5) is 0 Å². The second kappa shape index (κ2) is 6.25. The van der Waals surface area contributed by atoms with Crippen molar-refractivity contribution in [2.45, 2.75) is 50.1 Å². The molecule has 1 saturated carbocycles. The van der Waals surface area contributed by atoms with Gasteiger partial charge in [-0.3, -0.25) is 9.59 Å². The molecule has 1 spiro atoms. The highest BCUT2D eigenvalue weighted by molar-refractivity contribution is 5.91. The van der Waals surface area contributed by atoms with E-state index in [4.69, 9.17) is 4.42 Å². The summed E-state index contributed by atoms with van der Waals surface area (Å²) in [7, 11) is 0. The number of fused-ring (bicyclic) bond motifs is 2. The minimum atomic E-state index is -0.346. The zero-order valence-corrected chi connectivity index (χ0v) is 15.3. The molecule has 1 saturated heterocycles. The number of carbonyl (C=O) groups is 2. The first-order chi connectivity index (χ1) is 13.2. The SMILES string of the molecule is O=C(NCc1ccco1)C1CCCN1C(=O)C1CC12CCc1ccccc12. The van der Waals surface area contributed by atoms with Crippen LogP contribution in [-0.4, -0.2) is 29.3 Å². The zero-order valence-electron chi connectivity index (χ0n) is 15.3. The van der Waals surface area contributed by atoms with Gasteiger partial charge in [0.25, 0.3) is 0 Å². The van der Waals surface area contributed by atoms with Crippen LogP contribution in [-0.2, 0) is 28.0 Å². The topological polar surface area (TPSA) is 62.6 Å². The molecule has 1 N–H and O–H groups in total. The molecule has 5 rings (SSSR count). The second-order valence-corrected chi connectivity index (χ2v) is 8.06. The molecule has 3 atom stereocenters. The summed E-state index contributed by atoms with van der Waals surface area (Å²) in [5.74, 6) is 0.865. The van der Waals surface area contributed by atoms with Gasteiger partial charge in [-0.1, -0.05) is 24.3 Å². The molecule has 0 bridgehead atoms. The minimum absolute atomic E-state index is 0.0332. The average molecular weight is 364 g/mol. The van der Waals surface area contributed by atoms with Crippen LogP contribution in [0, 0.1) is 5.92 Å². The molecule has 140 valence electrons. The predicted molar refractivity (Wildman–Crippen MR) is 99.8 cm³/mol. The second-order valence-electron chi connectivity index (χ2n) is 8.06. The van der Waals surface area contributed by atoms with Gasteiger partial charge in [0.05, 0.1) is 12.8 Å². The summed E-state index contributed by atoms with van der Waals surface area (Å²) in [4.78, 5) is 27.7. The Morgan fingerprint density at radius 1 is 1.22 bits per heavy atom. The van der Waals surface area contributed by atoms with Gasteiger partial charge in [-0.05, 0) is 55.4 Å². The third kappa shape index (κ3) is 2.68. The number of rotatable bonds is 4. The number of hydrogen-bond acceptors (Lipinski definition) is 3. The number of hydrogen-bond donors (Lipinski definition) is 1. The number of nitrogens with one attached hydrogen (secondary N) is 1. The molecular weight excluding hydrogens is 340 g/mol. The van der Waals surface area contributed by atoms with Crippen molar-refractivity contribution in [3.63, 3.8) is 0 Å². The third-order valence-electron chi connectivity index (χ3n) is 6.62. The van der Waals surface area contributed by atoms with E-state index in [1.165, 1.54) is 11.1 Å². The lowest BCUT2D eigenvalue weighted by molar-refractivity contribution is -0.139.